The highest BCUT2D eigenvalue weighted by Gasteiger charge is 2.11. The summed E-state index contributed by atoms with van der Waals surface area (Å²) in [7, 11) is 3.13. The van der Waals surface area contributed by atoms with Crippen LogP contribution >= 0.6 is 0 Å². The molecule has 150 valence electrons. The predicted octanol–water partition coefficient (Wildman–Crippen LogP) is 3.10. The summed E-state index contributed by atoms with van der Waals surface area (Å²) in [6.07, 6.45) is 0.676. The van der Waals surface area contributed by atoms with Crippen LogP contribution in [0.25, 0.3) is 0 Å². The fourth-order valence-electron chi connectivity index (χ4n) is 2.72. The molecular weight excluding hydrogens is 358 g/mol. The highest BCUT2D eigenvalue weighted by molar-refractivity contribution is 5.80. The largest absolute Gasteiger partial charge is 0.493 e. The van der Waals surface area contributed by atoms with Crippen LogP contribution in [0, 0.1) is 0 Å². The fourth-order valence-corrected chi connectivity index (χ4v) is 2.72. The first-order chi connectivity index (χ1) is 13.5. The van der Waals surface area contributed by atoms with E-state index in [9.17, 15) is 9.59 Å². The number of benzene rings is 2. The SMILES string of the molecule is COc1ccc(CCC(=O)OCC(=O)NC[C@@H](C)c2ccccc2)cc1OC. The van der Waals surface area contributed by atoms with Crippen molar-refractivity contribution in [3.63, 3.8) is 0 Å². The van der Waals surface area contributed by atoms with Crippen LogP contribution in [0.2, 0.25) is 0 Å². The smallest absolute Gasteiger partial charge is 0.306 e. The number of amides is 1. The molecule has 1 amide bonds. The Morgan fingerprint density at radius 3 is 2.39 bits per heavy atom. The molecular formula is C22H27NO5. The van der Waals surface area contributed by atoms with E-state index in [2.05, 4.69) is 5.32 Å². The van der Waals surface area contributed by atoms with E-state index in [4.69, 9.17) is 14.2 Å². The fraction of sp³-hybridized carbons (Fsp3) is 0.364. The van der Waals surface area contributed by atoms with E-state index in [1.165, 1.54) is 0 Å². The predicted molar refractivity (Wildman–Crippen MR) is 107 cm³/mol. The van der Waals surface area contributed by atoms with Crippen molar-refractivity contribution in [3.8, 4) is 11.5 Å². The lowest BCUT2D eigenvalue weighted by Gasteiger charge is -2.13. The van der Waals surface area contributed by atoms with E-state index < -0.39 is 5.97 Å². The maximum Gasteiger partial charge on any atom is 0.306 e. The van der Waals surface area contributed by atoms with Crippen LogP contribution in [0.5, 0.6) is 11.5 Å². The van der Waals surface area contributed by atoms with Gasteiger partial charge in [0, 0.05) is 13.0 Å². The molecule has 0 spiro atoms. The molecule has 0 fully saturated rings. The van der Waals surface area contributed by atoms with E-state index in [-0.39, 0.29) is 24.9 Å². The summed E-state index contributed by atoms with van der Waals surface area (Å²) < 4.78 is 15.5. The van der Waals surface area contributed by atoms with Crippen molar-refractivity contribution in [2.24, 2.45) is 0 Å². The molecule has 6 heteroatoms. The summed E-state index contributed by atoms with van der Waals surface area (Å²) in [5, 5.41) is 2.79. The Balaban J connectivity index is 1.70. The van der Waals surface area contributed by atoms with Gasteiger partial charge in [0.15, 0.2) is 18.1 Å². The molecule has 1 N–H and O–H groups in total. The number of esters is 1. The minimum atomic E-state index is -0.416. The standard InChI is InChI=1S/C22H27NO5/c1-16(18-7-5-4-6-8-18)14-23-21(24)15-28-22(25)12-10-17-9-11-19(26-2)20(13-17)27-3/h4-9,11,13,16H,10,12,14-15H2,1-3H3,(H,23,24)/t16-/m1/s1. The van der Waals surface area contributed by atoms with Crippen molar-refractivity contribution in [1.29, 1.82) is 0 Å². The van der Waals surface area contributed by atoms with E-state index in [1.54, 1.807) is 20.3 Å². The normalized spacial score (nSPS) is 11.4. The van der Waals surface area contributed by atoms with Gasteiger partial charge in [-0.25, -0.2) is 0 Å². The number of carbonyl (C=O) groups is 2. The van der Waals surface area contributed by atoms with Gasteiger partial charge < -0.3 is 19.5 Å². The molecule has 0 bridgehead atoms. The lowest BCUT2D eigenvalue weighted by atomic mass is 10.0. The van der Waals surface area contributed by atoms with Crippen LogP contribution in [0.3, 0.4) is 0 Å². The van der Waals surface area contributed by atoms with Crippen LogP contribution in [-0.2, 0) is 20.7 Å². The van der Waals surface area contributed by atoms with Gasteiger partial charge in [0.05, 0.1) is 14.2 Å². The molecule has 28 heavy (non-hydrogen) atoms. The number of methoxy groups -OCH3 is 2. The van der Waals surface area contributed by atoms with Crippen molar-refractivity contribution < 1.29 is 23.8 Å². The second-order valence-corrected chi connectivity index (χ2v) is 6.47. The Labute approximate surface area is 165 Å². The average Bonchev–Trinajstić information content (AvgIpc) is 2.74. The monoisotopic (exact) mass is 385 g/mol. The van der Waals surface area contributed by atoms with Crippen LogP contribution < -0.4 is 14.8 Å². The van der Waals surface area contributed by atoms with Gasteiger partial charge in [0.25, 0.3) is 5.91 Å². The first-order valence-electron chi connectivity index (χ1n) is 9.21. The van der Waals surface area contributed by atoms with Gasteiger partial charge in [0.2, 0.25) is 0 Å². The third-order valence-corrected chi connectivity index (χ3v) is 4.40. The third-order valence-electron chi connectivity index (χ3n) is 4.40. The van der Waals surface area contributed by atoms with E-state index in [0.29, 0.717) is 24.5 Å². The Morgan fingerprint density at radius 2 is 1.71 bits per heavy atom. The second-order valence-electron chi connectivity index (χ2n) is 6.47. The van der Waals surface area contributed by atoms with Gasteiger partial charge in [-0.15, -0.1) is 0 Å². The second kappa shape index (κ2) is 11.0. The van der Waals surface area contributed by atoms with E-state index in [1.807, 2.05) is 49.4 Å². The molecule has 2 rings (SSSR count). The number of ether oxygens (including phenoxy) is 3. The van der Waals surface area contributed by atoms with Crippen LogP contribution in [0.15, 0.2) is 48.5 Å². The number of aryl methyl sites for hydroxylation is 1. The summed E-state index contributed by atoms with van der Waals surface area (Å²) in [5.74, 6) is 0.713. The van der Waals surface area contributed by atoms with Crippen molar-refractivity contribution in [2.45, 2.75) is 25.7 Å². The maximum absolute atomic E-state index is 11.9. The molecule has 0 saturated heterocycles. The molecule has 1 atom stereocenters. The zero-order valence-electron chi connectivity index (χ0n) is 16.6. The van der Waals surface area contributed by atoms with Gasteiger partial charge in [-0.3, -0.25) is 9.59 Å². The Morgan fingerprint density at radius 1 is 1.00 bits per heavy atom. The van der Waals surface area contributed by atoms with Crippen LogP contribution in [0.4, 0.5) is 0 Å². The summed E-state index contributed by atoms with van der Waals surface area (Å²) in [6, 6.07) is 15.4. The number of rotatable bonds is 10. The molecule has 0 unspecified atom stereocenters. The minimum Gasteiger partial charge on any atom is -0.493 e. The van der Waals surface area contributed by atoms with Crippen molar-refractivity contribution in [3.05, 3.63) is 59.7 Å². The quantitative estimate of drug-likeness (QED) is 0.636. The number of hydrogen-bond donors (Lipinski definition) is 1. The van der Waals surface area contributed by atoms with Gasteiger partial charge in [0.1, 0.15) is 0 Å². The minimum absolute atomic E-state index is 0.184. The molecule has 2 aromatic rings. The number of carbonyl (C=O) groups excluding carboxylic acids is 2. The topological polar surface area (TPSA) is 73.9 Å². The van der Waals surface area contributed by atoms with Crippen molar-refractivity contribution >= 4 is 11.9 Å². The van der Waals surface area contributed by atoms with Crippen molar-refractivity contribution in [1.82, 2.24) is 5.32 Å². The molecule has 0 aliphatic carbocycles. The number of nitrogens with one attached hydrogen (secondary N) is 1. The first-order valence-corrected chi connectivity index (χ1v) is 9.21. The Kier molecular flexibility index (Phi) is 8.34. The Hall–Kier alpha value is -3.02. The molecule has 0 aliphatic rings. The molecule has 0 radical (unpaired) electrons. The van der Waals surface area contributed by atoms with Gasteiger partial charge in [-0.2, -0.15) is 0 Å². The van der Waals surface area contributed by atoms with E-state index >= 15 is 0 Å². The summed E-state index contributed by atoms with van der Waals surface area (Å²) >= 11 is 0. The summed E-state index contributed by atoms with van der Waals surface area (Å²) in [4.78, 5) is 23.8. The number of hydrogen-bond acceptors (Lipinski definition) is 5. The van der Waals surface area contributed by atoms with Crippen LogP contribution in [0.1, 0.15) is 30.4 Å². The average molecular weight is 385 g/mol. The third kappa shape index (κ3) is 6.61. The summed E-state index contributed by atoms with van der Waals surface area (Å²) in [6.45, 7) is 2.25. The molecule has 0 heterocycles. The zero-order valence-corrected chi connectivity index (χ0v) is 16.6. The molecule has 0 saturated carbocycles. The van der Waals surface area contributed by atoms with Gasteiger partial charge in [-0.1, -0.05) is 43.3 Å². The first kappa shape index (κ1) is 21.3. The Bertz CT molecular complexity index is 776. The molecule has 6 nitrogen and oxygen atoms in total. The van der Waals surface area contributed by atoms with Gasteiger partial charge >= 0.3 is 5.97 Å². The van der Waals surface area contributed by atoms with Crippen molar-refractivity contribution in [2.75, 3.05) is 27.4 Å². The maximum atomic E-state index is 11.9. The highest BCUT2D eigenvalue weighted by Crippen LogP contribution is 2.27. The van der Waals surface area contributed by atoms with E-state index in [0.717, 1.165) is 11.1 Å². The lowest BCUT2D eigenvalue weighted by molar-refractivity contribution is -0.148. The molecule has 2 aromatic carbocycles. The molecule has 0 aliphatic heterocycles. The zero-order chi connectivity index (χ0) is 20.4. The molecule has 0 aromatic heterocycles. The van der Waals surface area contributed by atoms with Crippen LogP contribution in [-0.4, -0.2) is 39.2 Å². The van der Waals surface area contributed by atoms with Gasteiger partial charge in [-0.05, 0) is 35.6 Å². The lowest BCUT2D eigenvalue weighted by Crippen LogP contribution is -2.31. The highest BCUT2D eigenvalue weighted by atomic mass is 16.5. The summed E-state index contributed by atoms with van der Waals surface area (Å²) in [5.41, 5.74) is 2.07.